The molecule has 0 amide bonds. The number of aryl methyl sites for hydroxylation is 1. The number of benzene rings is 1. The van der Waals surface area contributed by atoms with Crippen molar-refractivity contribution in [2.24, 2.45) is 0 Å². The first-order chi connectivity index (χ1) is 7.16. The van der Waals surface area contributed by atoms with Crippen LogP contribution in [0.15, 0.2) is 24.3 Å². The molecule has 0 unspecified atom stereocenters. The molecular weight excluding hydrogens is 191 g/mol. The van der Waals surface area contributed by atoms with Gasteiger partial charge in [-0.3, -0.25) is 4.79 Å². The van der Waals surface area contributed by atoms with Crippen LogP contribution in [-0.4, -0.2) is 5.78 Å². The molecule has 0 N–H and O–H groups in total. The van der Waals surface area contributed by atoms with Crippen LogP contribution in [-0.2, 0) is 4.79 Å². The fourth-order valence-electron chi connectivity index (χ4n) is 1.89. The predicted octanol–water partition coefficient (Wildman–Crippen LogP) is 3.27. The Bertz CT molecular complexity index is 432. The summed E-state index contributed by atoms with van der Waals surface area (Å²) in [4.78, 5) is 11.2. The van der Waals surface area contributed by atoms with Crippen molar-refractivity contribution >= 4 is 11.4 Å². The first kappa shape index (κ1) is 10.1. The Kier molecular flexibility index (Phi) is 2.67. The minimum atomic E-state index is -0.235. The van der Waals surface area contributed by atoms with Crippen molar-refractivity contribution in [1.29, 1.82) is 0 Å². The topological polar surface area (TPSA) is 17.1 Å². The van der Waals surface area contributed by atoms with Crippen LogP contribution in [0.25, 0.3) is 5.57 Å². The minimum absolute atomic E-state index is 0.108. The van der Waals surface area contributed by atoms with Gasteiger partial charge in [-0.25, -0.2) is 4.39 Å². The minimum Gasteiger partial charge on any atom is -0.295 e. The van der Waals surface area contributed by atoms with Gasteiger partial charge in [0.25, 0.3) is 0 Å². The molecular formula is C13H13FO. The third-order valence-electron chi connectivity index (χ3n) is 2.67. The number of carbonyl (C=O) groups excluding carboxylic acids is 1. The number of carbonyl (C=O) groups is 1. The highest BCUT2D eigenvalue weighted by Gasteiger charge is 2.14. The van der Waals surface area contributed by atoms with Crippen molar-refractivity contribution in [3.63, 3.8) is 0 Å². The first-order valence-corrected chi connectivity index (χ1v) is 5.17. The van der Waals surface area contributed by atoms with Gasteiger partial charge < -0.3 is 0 Å². The van der Waals surface area contributed by atoms with Gasteiger partial charge in [0.2, 0.25) is 0 Å². The maximum atomic E-state index is 13.5. The highest BCUT2D eigenvalue weighted by atomic mass is 19.1. The van der Waals surface area contributed by atoms with Gasteiger partial charge in [0.1, 0.15) is 5.82 Å². The molecule has 0 heterocycles. The van der Waals surface area contributed by atoms with Crippen LogP contribution in [0, 0.1) is 12.7 Å². The van der Waals surface area contributed by atoms with E-state index in [1.807, 2.05) is 6.92 Å². The zero-order chi connectivity index (χ0) is 10.8. The van der Waals surface area contributed by atoms with Gasteiger partial charge >= 0.3 is 0 Å². The van der Waals surface area contributed by atoms with Crippen LogP contribution in [0.3, 0.4) is 0 Å². The number of rotatable bonds is 1. The van der Waals surface area contributed by atoms with Crippen molar-refractivity contribution in [2.45, 2.75) is 26.2 Å². The molecule has 0 atom stereocenters. The fraction of sp³-hybridized carbons (Fsp3) is 0.308. The molecule has 0 fully saturated rings. The summed E-state index contributed by atoms with van der Waals surface area (Å²) in [6, 6.07) is 5.01. The van der Waals surface area contributed by atoms with Crippen molar-refractivity contribution in [3.8, 4) is 0 Å². The highest BCUT2D eigenvalue weighted by molar-refractivity contribution is 5.98. The molecule has 1 nitrogen and oxygen atoms in total. The van der Waals surface area contributed by atoms with Gasteiger partial charge in [-0.15, -0.1) is 0 Å². The second kappa shape index (κ2) is 3.97. The Labute approximate surface area is 88.6 Å². The number of hydrogen-bond acceptors (Lipinski definition) is 1. The zero-order valence-corrected chi connectivity index (χ0v) is 8.72. The van der Waals surface area contributed by atoms with Crippen LogP contribution in [0.5, 0.6) is 0 Å². The Hall–Kier alpha value is -1.44. The zero-order valence-electron chi connectivity index (χ0n) is 8.72. The largest absolute Gasteiger partial charge is 0.295 e. The average Bonchev–Trinajstić information content (AvgIpc) is 2.22. The van der Waals surface area contributed by atoms with Crippen molar-refractivity contribution in [2.75, 3.05) is 0 Å². The molecule has 15 heavy (non-hydrogen) atoms. The van der Waals surface area contributed by atoms with E-state index in [-0.39, 0.29) is 11.6 Å². The summed E-state index contributed by atoms with van der Waals surface area (Å²) < 4.78 is 13.5. The van der Waals surface area contributed by atoms with Crippen molar-refractivity contribution < 1.29 is 9.18 Å². The number of ketones is 1. The predicted molar refractivity (Wildman–Crippen MR) is 58.0 cm³/mol. The molecule has 0 saturated heterocycles. The molecule has 2 rings (SSSR count). The normalized spacial score (nSPS) is 16.4. The first-order valence-electron chi connectivity index (χ1n) is 5.17. The van der Waals surface area contributed by atoms with E-state index >= 15 is 0 Å². The van der Waals surface area contributed by atoms with E-state index in [2.05, 4.69) is 0 Å². The fourth-order valence-corrected chi connectivity index (χ4v) is 1.89. The van der Waals surface area contributed by atoms with E-state index in [1.165, 1.54) is 6.07 Å². The number of halogens is 1. The maximum Gasteiger partial charge on any atom is 0.155 e. The lowest BCUT2D eigenvalue weighted by Crippen LogP contribution is -2.03. The Morgan fingerprint density at radius 3 is 2.80 bits per heavy atom. The monoisotopic (exact) mass is 204 g/mol. The lowest BCUT2D eigenvalue weighted by Gasteiger charge is -2.13. The SMILES string of the molecule is Cc1ccc(F)c(C2=CC(=O)CCC2)c1. The Morgan fingerprint density at radius 2 is 2.07 bits per heavy atom. The van der Waals surface area contributed by atoms with Gasteiger partial charge in [-0.1, -0.05) is 11.6 Å². The molecule has 1 aromatic rings. The van der Waals surface area contributed by atoms with E-state index in [0.717, 1.165) is 24.0 Å². The third kappa shape index (κ3) is 2.14. The third-order valence-corrected chi connectivity index (χ3v) is 2.67. The molecule has 0 spiro atoms. The van der Waals surface area contributed by atoms with E-state index in [4.69, 9.17) is 0 Å². The van der Waals surface area contributed by atoms with Crippen LogP contribution < -0.4 is 0 Å². The summed E-state index contributed by atoms with van der Waals surface area (Å²) in [7, 11) is 0. The molecule has 0 saturated carbocycles. The summed E-state index contributed by atoms with van der Waals surface area (Å²) in [5.74, 6) is -0.126. The standard InChI is InChI=1S/C13H13FO/c1-9-5-6-13(14)12(7-9)10-3-2-4-11(15)8-10/h5-8H,2-4H2,1H3. The van der Waals surface area contributed by atoms with Gasteiger partial charge in [0.15, 0.2) is 5.78 Å². The smallest absolute Gasteiger partial charge is 0.155 e. The van der Waals surface area contributed by atoms with Crippen molar-refractivity contribution in [1.82, 2.24) is 0 Å². The van der Waals surface area contributed by atoms with E-state index < -0.39 is 0 Å². The average molecular weight is 204 g/mol. The summed E-state index contributed by atoms with van der Waals surface area (Å²) in [5.41, 5.74) is 2.45. The van der Waals surface area contributed by atoms with Gasteiger partial charge in [-0.05, 0) is 43.5 Å². The Balaban J connectivity index is 2.44. The lowest BCUT2D eigenvalue weighted by molar-refractivity contribution is -0.114. The van der Waals surface area contributed by atoms with E-state index in [1.54, 1.807) is 18.2 Å². The number of hydrogen-bond donors (Lipinski definition) is 0. The van der Waals surface area contributed by atoms with Crippen molar-refractivity contribution in [3.05, 3.63) is 41.2 Å². The summed E-state index contributed by atoms with van der Waals surface area (Å²) in [5, 5.41) is 0. The summed E-state index contributed by atoms with van der Waals surface area (Å²) in [6.07, 6.45) is 3.81. The molecule has 0 aliphatic heterocycles. The van der Waals surface area contributed by atoms with E-state index in [0.29, 0.717) is 12.0 Å². The highest BCUT2D eigenvalue weighted by Crippen LogP contribution is 2.27. The molecule has 1 aliphatic carbocycles. The molecule has 2 heteroatoms. The molecule has 0 aromatic heterocycles. The molecule has 0 bridgehead atoms. The van der Waals surface area contributed by atoms with Crippen LogP contribution >= 0.6 is 0 Å². The van der Waals surface area contributed by atoms with E-state index in [9.17, 15) is 9.18 Å². The maximum absolute atomic E-state index is 13.5. The van der Waals surface area contributed by atoms with Gasteiger partial charge in [0.05, 0.1) is 0 Å². The van der Waals surface area contributed by atoms with Crippen LogP contribution in [0.1, 0.15) is 30.4 Å². The molecule has 1 aliphatic rings. The van der Waals surface area contributed by atoms with Gasteiger partial charge in [-0.2, -0.15) is 0 Å². The Morgan fingerprint density at radius 1 is 1.27 bits per heavy atom. The summed E-state index contributed by atoms with van der Waals surface area (Å²) >= 11 is 0. The number of allylic oxidation sites excluding steroid dienone is 2. The molecule has 78 valence electrons. The molecule has 0 radical (unpaired) electrons. The molecule has 1 aromatic carbocycles. The quantitative estimate of drug-likeness (QED) is 0.686. The lowest BCUT2D eigenvalue weighted by atomic mass is 9.92. The second-order valence-electron chi connectivity index (χ2n) is 3.97. The second-order valence-corrected chi connectivity index (χ2v) is 3.97. The van der Waals surface area contributed by atoms with Gasteiger partial charge in [0, 0.05) is 12.0 Å². The van der Waals surface area contributed by atoms with Crippen LogP contribution in [0.4, 0.5) is 4.39 Å². The van der Waals surface area contributed by atoms with Crippen LogP contribution in [0.2, 0.25) is 0 Å². The summed E-state index contributed by atoms with van der Waals surface area (Å²) in [6.45, 7) is 1.92.